The number of aromatic nitrogens is 2. The lowest BCUT2D eigenvalue weighted by molar-refractivity contribution is -0.386. The molecule has 1 aromatic carbocycles. The molecule has 0 N–H and O–H groups in total. The number of benzene rings is 1. The van der Waals surface area contributed by atoms with Crippen molar-refractivity contribution in [3.05, 3.63) is 40.0 Å². The molecule has 0 spiro atoms. The van der Waals surface area contributed by atoms with E-state index in [9.17, 15) is 18.5 Å². The van der Waals surface area contributed by atoms with Gasteiger partial charge in [-0.3, -0.25) is 10.1 Å². The maximum Gasteiger partial charge on any atom is 0.312 e. The Hall–Kier alpha value is -2.20. The van der Waals surface area contributed by atoms with Crippen LogP contribution in [0.2, 0.25) is 0 Å². The molecule has 0 bridgehead atoms. The fourth-order valence-corrected chi connectivity index (χ4v) is 2.76. The van der Waals surface area contributed by atoms with Crippen LogP contribution in [-0.2, 0) is 15.7 Å². The van der Waals surface area contributed by atoms with E-state index in [1.807, 2.05) is 0 Å². The third-order valence-electron chi connectivity index (χ3n) is 2.48. The van der Waals surface area contributed by atoms with E-state index in [4.69, 9.17) is 15.4 Å². The molecule has 0 saturated carbocycles. The molecule has 0 saturated heterocycles. The summed E-state index contributed by atoms with van der Waals surface area (Å²) in [6.07, 6.45) is 1.08. The van der Waals surface area contributed by atoms with Crippen molar-refractivity contribution in [1.29, 1.82) is 0 Å². The van der Waals surface area contributed by atoms with Gasteiger partial charge < -0.3 is 9.26 Å². The van der Waals surface area contributed by atoms with Gasteiger partial charge in [0.15, 0.2) is 12.4 Å². The first-order valence-corrected chi connectivity index (χ1v) is 7.71. The second kappa shape index (κ2) is 5.66. The molecule has 21 heavy (non-hydrogen) atoms. The van der Waals surface area contributed by atoms with Crippen molar-refractivity contribution < 1.29 is 22.6 Å². The summed E-state index contributed by atoms with van der Waals surface area (Å²) in [5.41, 5.74) is -0.304. The molecule has 9 nitrogen and oxygen atoms in total. The van der Waals surface area contributed by atoms with Crippen LogP contribution in [0.15, 0.2) is 27.9 Å². The maximum absolute atomic E-state index is 11.4. The van der Waals surface area contributed by atoms with Crippen LogP contribution in [0.1, 0.15) is 11.4 Å². The van der Waals surface area contributed by atoms with E-state index in [1.54, 1.807) is 0 Å². The average molecular weight is 334 g/mol. The Morgan fingerprint density at radius 3 is 2.71 bits per heavy atom. The zero-order valence-electron chi connectivity index (χ0n) is 10.5. The van der Waals surface area contributed by atoms with Crippen LogP contribution in [-0.4, -0.2) is 23.5 Å². The van der Waals surface area contributed by atoms with Gasteiger partial charge in [0.05, 0.1) is 9.82 Å². The average Bonchev–Trinajstić information content (AvgIpc) is 2.87. The van der Waals surface area contributed by atoms with Gasteiger partial charge in [-0.25, -0.2) is 8.42 Å². The first kappa shape index (κ1) is 15.2. The molecule has 0 amide bonds. The number of halogens is 1. The van der Waals surface area contributed by atoms with E-state index in [1.165, 1.54) is 13.0 Å². The lowest BCUT2D eigenvalue weighted by atomic mass is 10.2. The summed E-state index contributed by atoms with van der Waals surface area (Å²) in [6, 6.07) is 2.07. The van der Waals surface area contributed by atoms with E-state index in [0.717, 1.165) is 12.5 Å². The maximum atomic E-state index is 11.4. The predicted octanol–water partition coefficient (Wildman–Crippen LogP) is 1.79. The van der Waals surface area contributed by atoms with E-state index in [0.29, 0.717) is 0 Å². The van der Waals surface area contributed by atoms with Gasteiger partial charge >= 0.3 is 5.69 Å². The molecular weight excluding hydrogens is 326 g/mol. The van der Waals surface area contributed by atoms with Crippen molar-refractivity contribution in [3.8, 4) is 5.75 Å². The lowest BCUT2D eigenvalue weighted by Crippen LogP contribution is -2.03. The van der Waals surface area contributed by atoms with Gasteiger partial charge in [-0.15, -0.1) is 0 Å². The molecule has 0 aliphatic carbocycles. The van der Waals surface area contributed by atoms with Crippen molar-refractivity contribution >= 4 is 25.4 Å². The van der Waals surface area contributed by atoms with Gasteiger partial charge in [0, 0.05) is 16.7 Å². The Kier molecular flexibility index (Phi) is 4.09. The summed E-state index contributed by atoms with van der Waals surface area (Å²) >= 11 is 0. The lowest BCUT2D eigenvalue weighted by Gasteiger charge is -2.08. The minimum Gasteiger partial charge on any atom is -0.478 e. The summed E-state index contributed by atoms with van der Waals surface area (Å²) in [6.45, 7) is 1.28. The van der Waals surface area contributed by atoms with E-state index in [2.05, 4.69) is 14.7 Å². The standard InChI is InChI=1S/C10H8ClN3O6S/c1-6-2-8(19-4-10-12-5-20-13-10)7(14(15)16)3-9(6)21(11,17)18/h2-3,5H,4H2,1H3. The molecule has 0 atom stereocenters. The van der Waals surface area contributed by atoms with Crippen LogP contribution >= 0.6 is 10.7 Å². The smallest absolute Gasteiger partial charge is 0.312 e. The zero-order chi connectivity index (χ0) is 15.6. The Balaban J connectivity index is 2.41. The SMILES string of the molecule is Cc1cc(OCc2ncon2)c([N+](=O)[O-])cc1S(=O)(=O)Cl. The molecule has 11 heteroatoms. The van der Waals surface area contributed by atoms with Crippen LogP contribution in [0, 0.1) is 17.0 Å². The van der Waals surface area contributed by atoms with Crippen molar-refractivity contribution in [2.24, 2.45) is 0 Å². The number of ether oxygens (including phenoxy) is 1. The van der Waals surface area contributed by atoms with Crippen molar-refractivity contribution in [1.82, 2.24) is 10.1 Å². The van der Waals surface area contributed by atoms with E-state index < -0.39 is 19.7 Å². The van der Waals surface area contributed by atoms with Gasteiger partial charge in [0.25, 0.3) is 9.05 Å². The molecule has 1 heterocycles. The number of aryl methyl sites for hydroxylation is 1. The fourth-order valence-electron chi connectivity index (χ4n) is 1.57. The number of nitrogens with zero attached hydrogens (tertiary/aromatic N) is 3. The van der Waals surface area contributed by atoms with E-state index in [-0.39, 0.29) is 28.6 Å². The summed E-state index contributed by atoms with van der Waals surface area (Å²) in [4.78, 5) is 13.6. The second-order valence-electron chi connectivity index (χ2n) is 3.92. The summed E-state index contributed by atoms with van der Waals surface area (Å²) in [5.74, 6) is 0.0716. The van der Waals surface area contributed by atoms with Crippen LogP contribution < -0.4 is 4.74 Å². The number of nitro groups is 1. The number of nitro benzene ring substituents is 1. The molecule has 2 aromatic rings. The topological polar surface area (TPSA) is 125 Å². The van der Waals surface area contributed by atoms with Crippen molar-refractivity contribution in [2.75, 3.05) is 0 Å². The number of hydrogen-bond acceptors (Lipinski definition) is 8. The molecule has 0 unspecified atom stereocenters. The van der Waals surface area contributed by atoms with Gasteiger partial charge in [0.1, 0.15) is 0 Å². The fraction of sp³-hybridized carbons (Fsp3) is 0.200. The van der Waals surface area contributed by atoms with Crippen LogP contribution in [0.4, 0.5) is 5.69 Å². The van der Waals surface area contributed by atoms with Crippen LogP contribution in [0.5, 0.6) is 5.75 Å². The highest BCUT2D eigenvalue weighted by atomic mass is 35.7. The zero-order valence-corrected chi connectivity index (χ0v) is 12.1. The van der Waals surface area contributed by atoms with Gasteiger partial charge in [-0.1, -0.05) is 5.16 Å². The Labute approximate surface area is 123 Å². The molecule has 0 radical (unpaired) electrons. The number of hydrogen-bond donors (Lipinski definition) is 0. The molecular formula is C10H8ClN3O6S. The Bertz CT molecular complexity index is 774. The van der Waals surface area contributed by atoms with Gasteiger partial charge in [-0.2, -0.15) is 4.98 Å². The third kappa shape index (κ3) is 3.47. The highest BCUT2D eigenvalue weighted by molar-refractivity contribution is 8.13. The van der Waals surface area contributed by atoms with Crippen LogP contribution in [0.25, 0.3) is 0 Å². The summed E-state index contributed by atoms with van der Waals surface area (Å²) in [5, 5.41) is 14.5. The first-order chi connectivity index (χ1) is 9.79. The van der Waals surface area contributed by atoms with E-state index >= 15 is 0 Å². The van der Waals surface area contributed by atoms with Crippen molar-refractivity contribution in [3.63, 3.8) is 0 Å². The molecule has 2 rings (SSSR count). The number of rotatable bonds is 5. The Morgan fingerprint density at radius 1 is 1.48 bits per heavy atom. The second-order valence-corrected chi connectivity index (χ2v) is 6.45. The first-order valence-electron chi connectivity index (χ1n) is 5.41. The minimum atomic E-state index is -4.09. The van der Waals surface area contributed by atoms with Crippen LogP contribution in [0.3, 0.4) is 0 Å². The van der Waals surface area contributed by atoms with Gasteiger partial charge in [0.2, 0.25) is 12.2 Å². The normalized spacial score (nSPS) is 11.3. The Morgan fingerprint density at radius 2 is 2.19 bits per heavy atom. The largest absolute Gasteiger partial charge is 0.478 e. The third-order valence-corrected chi connectivity index (χ3v) is 3.94. The monoisotopic (exact) mass is 333 g/mol. The molecule has 0 fully saturated rings. The highest BCUT2D eigenvalue weighted by Crippen LogP contribution is 2.34. The predicted molar refractivity (Wildman–Crippen MR) is 69.5 cm³/mol. The molecule has 0 aliphatic heterocycles. The molecule has 112 valence electrons. The molecule has 1 aromatic heterocycles. The molecule has 0 aliphatic rings. The minimum absolute atomic E-state index is 0.119. The quantitative estimate of drug-likeness (QED) is 0.460. The van der Waals surface area contributed by atoms with Crippen molar-refractivity contribution in [2.45, 2.75) is 18.4 Å². The summed E-state index contributed by atoms with van der Waals surface area (Å²) in [7, 11) is 1.14. The highest BCUT2D eigenvalue weighted by Gasteiger charge is 2.24. The van der Waals surface area contributed by atoms with Gasteiger partial charge in [-0.05, 0) is 18.6 Å². The summed E-state index contributed by atoms with van der Waals surface area (Å²) < 4.78 is 32.4.